The molecule has 0 aromatic heterocycles. The predicted molar refractivity (Wildman–Crippen MR) is 70.7 cm³/mol. The number of hydrogen-bond acceptors (Lipinski definition) is 0. The first kappa shape index (κ1) is 5.18. The third-order valence-electron chi connectivity index (χ3n) is 2.61. The van der Waals surface area contributed by atoms with Crippen molar-refractivity contribution >= 4 is 0 Å². The lowest BCUT2D eigenvalue weighted by atomic mass is 9.94. The van der Waals surface area contributed by atoms with Crippen LogP contribution < -0.4 is 0 Å². The fourth-order valence-electron chi connectivity index (χ4n) is 1.71. The molecule has 0 amide bonds. The smallest absolute Gasteiger partial charge is 0.0347 e. The normalized spacial score (nSPS) is 19.4. The summed E-state index contributed by atoms with van der Waals surface area (Å²) in [6, 6.07) is 13.9. The molecule has 0 radical (unpaired) electrons. The highest BCUT2D eigenvalue weighted by atomic mass is 14.1. The zero-order valence-corrected chi connectivity index (χ0v) is 9.12. The molecule has 0 fully saturated rings. The summed E-state index contributed by atoms with van der Waals surface area (Å²) in [5.41, 5.74) is 2.44. The molecule has 0 spiro atoms. The Morgan fingerprint density at radius 2 is 1.81 bits per heavy atom. The Bertz CT molecular complexity index is 670. The van der Waals surface area contributed by atoms with Crippen LogP contribution >= 0.6 is 0 Å². The van der Waals surface area contributed by atoms with E-state index in [1.807, 2.05) is 37.3 Å². The highest BCUT2D eigenvalue weighted by Crippen LogP contribution is 2.27. The van der Waals surface area contributed by atoms with Crippen LogP contribution in [0.4, 0.5) is 0 Å². The second-order valence-corrected chi connectivity index (χ2v) is 3.77. The first-order chi connectivity index (χ1) is 10.5. The summed E-state index contributed by atoms with van der Waals surface area (Å²) in [6.07, 6.45) is 0. The molecule has 0 aliphatic rings. The van der Waals surface area contributed by atoms with Gasteiger partial charge in [0.25, 0.3) is 0 Å². The second-order valence-electron chi connectivity index (χ2n) is 3.77. The number of benzene rings is 2. The summed E-state index contributed by atoms with van der Waals surface area (Å²) in [4.78, 5) is 0. The van der Waals surface area contributed by atoms with Crippen molar-refractivity contribution in [2.24, 2.45) is 0 Å². The summed E-state index contributed by atoms with van der Waals surface area (Å²) in [5, 5.41) is 0. The van der Waals surface area contributed by atoms with Crippen LogP contribution in [0.15, 0.2) is 48.5 Å². The molecule has 0 unspecified atom stereocenters. The zero-order chi connectivity index (χ0) is 17.5. The fraction of sp³-hybridized carbons (Fsp3) is 0.250. The Morgan fingerprint density at radius 1 is 1.06 bits per heavy atom. The molecule has 2 aromatic rings. The topological polar surface area (TPSA) is 0 Å². The van der Waals surface area contributed by atoms with Crippen molar-refractivity contribution in [3.8, 4) is 11.1 Å². The molecule has 0 saturated carbocycles. The van der Waals surface area contributed by atoms with Crippen LogP contribution in [-0.2, 0) is 0 Å². The number of rotatable bonds is 2. The molecule has 0 heteroatoms. The highest BCUT2D eigenvalue weighted by molar-refractivity contribution is 5.67. The molecule has 0 saturated heterocycles. The van der Waals surface area contributed by atoms with E-state index in [0.29, 0.717) is 0 Å². The average Bonchev–Trinajstić information content (AvgIpc) is 2.45. The van der Waals surface area contributed by atoms with Crippen molar-refractivity contribution in [1.82, 2.24) is 0 Å². The van der Waals surface area contributed by atoms with Gasteiger partial charge in [-0.25, -0.2) is 0 Å². The van der Waals surface area contributed by atoms with Crippen LogP contribution in [0.5, 0.6) is 0 Å². The maximum atomic E-state index is 8.27. The van der Waals surface area contributed by atoms with Gasteiger partial charge >= 0.3 is 0 Å². The minimum atomic E-state index is -2.97. The van der Waals surface area contributed by atoms with E-state index >= 15 is 0 Å². The molecule has 0 aliphatic carbocycles. The van der Waals surface area contributed by atoms with E-state index in [9.17, 15) is 0 Å². The van der Waals surface area contributed by atoms with Crippen LogP contribution in [0, 0.1) is 6.92 Å². The first-order valence-corrected chi connectivity index (χ1v) is 5.15. The van der Waals surface area contributed by atoms with Crippen molar-refractivity contribution in [2.45, 2.75) is 26.5 Å². The third kappa shape index (κ3) is 2.16. The van der Waals surface area contributed by atoms with Gasteiger partial charge in [-0.3, -0.25) is 0 Å². The van der Waals surface area contributed by atoms with Crippen LogP contribution in [0.2, 0.25) is 0 Å². The molecule has 16 heavy (non-hydrogen) atoms. The Labute approximate surface area is 108 Å². The van der Waals surface area contributed by atoms with Crippen LogP contribution in [0.1, 0.15) is 40.3 Å². The molecule has 0 atom stereocenters. The first-order valence-electron chi connectivity index (χ1n) is 8.65. The van der Waals surface area contributed by atoms with Gasteiger partial charge in [0.2, 0.25) is 0 Å². The zero-order valence-electron chi connectivity index (χ0n) is 16.1. The fourth-order valence-corrected chi connectivity index (χ4v) is 1.71. The van der Waals surface area contributed by atoms with Gasteiger partial charge in [-0.2, -0.15) is 0 Å². The van der Waals surface area contributed by atoms with E-state index < -0.39 is 19.6 Å². The highest BCUT2D eigenvalue weighted by Gasteiger charge is 2.05. The Balaban J connectivity index is 2.69. The largest absolute Gasteiger partial charge is 0.0622 e. The molecule has 0 aliphatic heterocycles. The van der Waals surface area contributed by atoms with E-state index in [-0.39, 0.29) is 5.56 Å². The van der Waals surface area contributed by atoms with E-state index in [4.69, 9.17) is 9.60 Å². The Kier molecular flexibility index (Phi) is 1.46. The van der Waals surface area contributed by atoms with Crippen LogP contribution in [-0.4, -0.2) is 0 Å². The number of hydrogen-bond donors (Lipinski definition) is 0. The SMILES string of the molecule is [2H]C([2H])([2H])C([2H])(c1ccc(C)c(-c2ccccc2)c1)C([2H])([2H])[2H]. The van der Waals surface area contributed by atoms with Crippen molar-refractivity contribution in [2.75, 3.05) is 0 Å². The summed E-state index contributed by atoms with van der Waals surface area (Å²) >= 11 is 0. The summed E-state index contributed by atoms with van der Waals surface area (Å²) in [7, 11) is 0. The van der Waals surface area contributed by atoms with Gasteiger partial charge in [-0.1, -0.05) is 62.2 Å². The van der Waals surface area contributed by atoms with E-state index in [1.54, 1.807) is 6.07 Å². The van der Waals surface area contributed by atoms with Crippen molar-refractivity contribution in [3.05, 3.63) is 59.7 Å². The summed E-state index contributed by atoms with van der Waals surface area (Å²) in [5.74, 6) is -2.67. The molecular weight excluding hydrogens is 192 g/mol. The average molecular weight is 217 g/mol. The van der Waals surface area contributed by atoms with E-state index in [1.165, 1.54) is 12.1 Å². The van der Waals surface area contributed by atoms with Gasteiger partial charge < -0.3 is 0 Å². The van der Waals surface area contributed by atoms with Crippen molar-refractivity contribution < 1.29 is 9.60 Å². The molecular formula is C16H18. The molecule has 2 aromatic carbocycles. The van der Waals surface area contributed by atoms with Gasteiger partial charge in [0.15, 0.2) is 0 Å². The minimum Gasteiger partial charge on any atom is -0.0622 e. The standard InChI is InChI=1S/C16H18/c1-12(2)15-10-9-13(3)16(11-15)14-7-5-4-6-8-14/h4-12H,1-3H3/i1D3,2D3,12D. The molecule has 0 bridgehead atoms. The van der Waals surface area contributed by atoms with Gasteiger partial charge in [0, 0.05) is 9.60 Å². The van der Waals surface area contributed by atoms with Crippen LogP contribution in [0.3, 0.4) is 0 Å². The lowest BCUT2D eigenvalue weighted by Gasteiger charge is -2.11. The van der Waals surface area contributed by atoms with Crippen LogP contribution in [0.25, 0.3) is 11.1 Å². The van der Waals surface area contributed by atoms with Crippen molar-refractivity contribution in [1.29, 1.82) is 0 Å². The molecule has 82 valence electrons. The monoisotopic (exact) mass is 217 g/mol. The second kappa shape index (κ2) is 4.52. The lowest BCUT2D eigenvalue weighted by Crippen LogP contribution is -1.90. The van der Waals surface area contributed by atoms with E-state index in [2.05, 4.69) is 0 Å². The van der Waals surface area contributed by atoms with E-state index in [0.717, 1.165) is 16.7 Å². The maximum absolute atomic E-state index is 8.27. The van der Waals surface area contributed by atoms with Gasteiger partial charge in [0.1, 0.15) is 0 Å². The van der Waals surface area contributed by atoms with Gasteiger partial charge in [-0.05, 0) is 35.1 Å². The molecule has 0 nitrogen and oxygen atoms in total. The molecule has 0 N–H and O–H groups in total. The third-order valence-corrected chi connectivity index (χ3v) is 2.61. The molecule has 0 heterocycles. The quantitative estimate of drug-likeness (QED) is 0.678. The maximum Gasteiger partial charge on any atom is 0.0347 e. The minimum absolute atomic E-state index is 0.0260. The van der Waals surface area contributed by atoms with Gasteiger partial charge in [0.05, 0.1) is 0 Å². The number of aryl methyl sites for hydroxylation is 1. The Morgan fingerprint density at radius 3 is 2.50 bits per heavy atom. The Hall–Kier alpha value is -1.56. The lowest BCUT2D eigenvalue weighted by molar-refractivity contribution is 0.866. The summed E-state index contributed by atoms with van der Waals surface area (Å²) in [6.45, 7) is -4.08. The predicted octanol–water partition coefficient (Wildman–Crippen LogP) is 4.79. The molecule has 2 rings (SSSR count). The van der Waals surface area contributed by atoms with Gasteiger partial charge in [-0.15, -0.1) is 0 Å². The van der Waals surface area contributed by atoms with Crippen molar-refractivity contribution in [3.63, 3.8) is 0 Å². The summed E-state index contributed by atoms with van der Waals surface area (Å²) < 4.78 is 53.8.